The summed E-state index contributed by atoms with van der Waals surface area (Å²) in [4.78, 5) is 11.7. The number of carbonyl (C=O) groups excluding carboxylic acids is 1. The van der Waals surface area contributed by atoms with Crippen LogP contribution in [0.15, 0.2) is 24.3 Å². The quantitative estimate of drug-likeness (QED) is 0.720. The first-order valence-electron chi connectivity index (χ1n) is 7.29. The van der Waals surface area contributed by atoms with Gasteiger partial charge in [0.2, 0.25) is 0 Å². The van der Waals surface area contributed by atoms with Crippen molar-refractivity contribution in [2.45, 2.75) is 26.1 Å². The first kappa shape index (κ1) is 19.4. The smallest absolute Gasteiger partial charge is 0.338 e. The highest BCUT2D eigenvalue weighted by molar-refractivity contribution is 6.32. The maximum Gasteiger partial charge on any atom is 0.436 e. The Balaban J connectivity index is 1.81. The molecular weight excluding hydrogens is 380 g/mol. The van der Waals surface area contributed by atoms with Crippen LogP contribution in [0.2, 0.25) is 10.0 Å². The lowest BCUT2D eigenvalue weighted by molar-refractivity contribution is -0.141. The number of hydrogen-bond donors (Lipinski definition) is 2. The molecule has 0 unspecified atom stereocenters. The number of hydrogen-bond acceptors (Lipinski definition) is 2. The summed E-state index contributed by atoms with van der Waals surface area (Å²) in [5, 5.41) is 8.86. The molecule has 0 saturated heterocycles. The average Bonchev–Trinajstić information content (AvgIpc) is 2.82. The summed E-state index contributed by atoms with van der Waals surface area (Å²) in [6.07, 6.45) is -4.20. The van der Waals surface area contributed by atoms with Crippen LogP contribution in [-0.2, 0) is 12.7 Å². The van der Waals surface area contributed by atoms with E-state index in [1.165, 1.54) is 11.6 Å². The number of aryl methyl sites for hydroxylation is 1. The van der Waals surface area contributed by atoms with Gasteiger partial charge >= 0.3 is 12.2 Å². The fourth-order valence-electron chi connectivity index (χ4n) is 2.06. The highest BCUT2D eigenvalue weighted by Gasteiger charge is 2.38. The molecule has 1 heterocycles. The second kappa shape index (κ2) is 7.97. The third-order valence-corrected chi connectivity index (χ3v) is 4.04. The largest absolute Gasteiger partial charge is 0.436 e. The molecule has 0 aliphatic heterocycles. The van der Waals surface area contributed by atoms with Gasteiger partial charge in [0, 0.05) is 23.8 Å². The number of anilines is 1. The van der Waals surface area contributed by atoms with Crippen molar-refractivity contribution >= 4 is 34.9 Å². The second-order valence-corrected chi connectivity index (χ2v) is 6.02. The predicted molar refractivity (Wildman–Crippen MR) is 90.1 cm³/mol. The summed E-state index contributed by atoms with van der Waals surface area (Å²) in [6, 6.07) is 6.15. The van der Waals surface area contributed by atoms with Crippen molar-refractivity contribution in [2.75, 3.05) is 11.9 Å². The number of benzene rings is 1. The molecule has 10 heteroatoms. The first-order chi connectivity index (χ1) is 11.7. The molecule has 0 aliphatic carbocycles. The normalized spacial score (nSPS) is 11.4. The van der Waals surface area contributed by atoms with Crippen molar-refractivity contribution < 1.29 is 18.0 Å². The van der Waals surface area contributed by atoms with Gasteiger partial charge in [0.05, 0.1) is 10.7 Å². The molecule has 5 nitrogen and oxygen atoms in total. The summed E-state index contributed by atoms with van der Waals surface area (Å²) in [5.74, 6) is 0. The standard InChI is InChI=1S/C15H15Cl2F3N4O/c1-9-12(17)13(15(18,19)20)23-24(9)8-2-7-21-14(25)22-11-5-3-10(16)4-6-11/h3-6H,2,7-8H2,1H3,(H2,21,22,25). The van der Waals surface area contributed by atoms with Gasteiger partial charge in [-0.2, -0.15) is 18.3 Å². The molecular formula is C15H15Cl2F3N4O. The zero-order valence-electron chi connectivity index (χ0n) is 13.1. The van der Waals surface area contributed by atoms with Crippen molar-refractivity contribution in [1.82, 2.24) is 15.1 Å². The van der Waals surface area contributed by atoms with Crippen LogP contribution in [0, 0.1) is 6.92 Å². The number of carbonyl (C=O) groups is 1. The van der Waals surface area contributed by atoms with Crippen molar-refractivity contribution in [3.8, 4) is 0 Å². The number of halogens is 5. The van der Waals surface area contributed by atoms with Crippen molar-refractivity contribution in [1.29, 1.82) is 0 Å². The molecule has 2 rings (SSSR count). The van der Waals surface area contributed by atoms with E-state index >= 15 is 0 Å². The fraction of sp³-hybridized carbons (Fsp3) is 0.333. The van der Waals surface area contributed by atoms with Crippen LogP contribution in [-0.4, -0.2) is 22.4 Å². The lowest BCUT2D eigenvalue weighted by Crippen LogP contribution is -2.30. The molecule has 1 aromatic heterocycles. The van der Waals surface area contributed by atoms with Crippen LogP contribution in [0.25, 0.3) is 0 Å². The predicted octanol–water partition coefficient (Wildman–Crippen LogP) is 4.73. The monoisotopic (exact) mass is 394 g/mol. The number of rotatable bonds is 5. The summed E-state index contributed by atoms with van der Waals surface area (Å²) in [6.45, 7) is 1.92. The van der Waals surface area contributed by atoms with E-state index in [1.807, 2.05) is 0 Å². The molecule has 0 atom stereocenters. The maximum atomic E-state index is 12.7. The Morgan fingerprint density at radius 3 is 2.44 bits per heavy atom. The third kappa shape index (κ3) is 5.27. The minimum Gasteiger partial charge on any atom is -0.338 e. The van der Waals surface area contributed by atoms with Gasteiger partial charge in [-0.05, 0) is 37.6 Å². The molecule has 25 heavy (non-hydrogen) atoms. The van der Waals surface area contributed by atoms with Gasteiger partial charge in [-0.1, -0.05) is 23.2 Å². The topological polar surface area (TPSA) is 59.0 Å². The minimum absolute atomic E-state index is 0.197. The first-order valence-corrected chi connectivity index (χ1v) is 8.04. The van der Waals surface area contributed by atoms with Crippen LogP contribution >= 0.6 is 23.2 Å². The van der Waals surface area contributed by atoms with Crippen molar-refractivity contribution in [2.24, 2.45) is 0 Å². The highest BCUT2D eigenvalue weighted by Crippen LogP contribution is 2.35. The van der Waals surface area contributed by atoms with Crippen molar-refractivity contribution in [3.05, 3.63) is 45.7 Å². The lowest BCUT2D eigenvalue weighted by Gasteiger charge is -2.08. The zero-order valence-corrected chi connectivity index (χ0v) is 14.6. The van der Waals surface area contributed by atoms with E-state index in [0.717, 1.165) is 0 Å². The van der Waals surface area contributed by atoms with Crippen LogP contribution in [0.5, 0.6) is 0 Å². The van der Waals surface area contributed by atoms with E-state index in [-0.39, 0.29) is 18.8 Å². The van der Waals surface area contributed by atoms with E-state index in [9.17, 15) is 18.0 Å². The summed E-state index contributed by atoms with van der Waals surface area (Å²) in [7, 11) is 0. The molecule has 0 bridgehead atoms. The molecule has 0 radical (unpaired) electrons. The Hall–Kier alpha value is -1.93. The molecule has 0 aliphatic rings. The molecule has 136 valence electrons. The zero-order chi connectivity index (χ0) is 18.6. The van der Waals surface area contributed by atoms with E-state index in [1.54, 1.807) is 24.3 Å². The average molecular weight is 395 g/mol. The van der Waals surface area contributed by atoms with Gasteiger partial charge < -0.3 is 10.6 Å². The number of alkyl halides is 3. The van der Waals surface area contributed by atoms with Gasteiger partial charge in [-0.15, -0.1) is 0 Å². The Bertz CT molecular complexity index is 744. The Morgan fingerprint density at radius 2 is 1.88 bits per heavy atom. The van der Waals surface area contributed by atoms with Gasteiger partial charge in [0.25, 0.3) is 0 Å². The van der Waals surface area contributed by atoms with E-state index in [2.05, 4.69) is 15.7 Å². The summed E-state index contributed by atoms with van der Waals surface area (Å²) < 4.78 is 39.4. The van der Waals surface area contributed by atoms with Crippen LogP contribution < -0.4 is 10.6 Å². The van der Waals surface area contributed by atoms with Crippen molar-refractivity contribution in [3.63, 3.8) is 0 Å². The summed E-state index contributed by atoms with van der Waals surface area (Å²) >= 11 is 11.4. The number of nitrogens with one attached hydrogen (secondary N) is 2. The second-order valence-electron chi connectivity index (χ2n) is 5.21. The van der Waals surface area contributed by atoms with Crippen LogP contribution in [0.1, 0.15) is 17.8 Å². The number of aromatic nitrogens is 2. The van der Waals surface area contributed by atoms with Crippen LogP contribution in [0.4, 0.5) is 23.7 Å². The Morgan fingerprint density at radius 1 is 1.24 bits per heavy atom. The van der Waals surface area contributed by atoms with Gasteiger partial charge in [0.15, 0.2) is 5.69 Å². The maximum absolute atomic E-state index is 12.7. The molecule has 0 spiro atoms. The number of amides is 2. The lowest BCUT2D eigenvalue weighted by atomic mass is 10.3. The summed E-state index contributed by atoms with van der Waals surface area (Å²) in [5.41, 5.74) is -0.286. The molecule has 1 aromatic carbocycles. The Kier molecular flexibility index (Phi) is 6.18. The number of nitrogens with zero attached hydrogens (tertiary/aromatic N) is 2. The SMILES string of the molecule is Cc1c(Cl)c(C(F)(F)F)nn1CCCNC(=O)Nc1ccc(Cl)cc1. The Labute approximate surface area is 152 Å². The molecule has 2 N–H and O–H groups in total. The third-order valence-electron chi connectivity index (χ3n) is 3.34. The van der Waals surface area contributed by atoms with Gasteiger partial charge in [0.1, 0.15) is 0 Å². The fourth-order valence-corrected chi connectivity index (χ4v) is 2.43. The highest BCUT2D eigenvalue weighted by atomic mass is 35.5. The van der Waals surface area contributed by atoms with E-state index in [0.29, 0.717) is 17.1 Å². The molecule has 0 saturated carbocycles. The minimum atomic E-state index is -4.59. The van der Waals surface area contributed by atoms with Gasteiger partial charge in [-0.25, -0.2) is 4.79 Å². The number of urea groups is 1. The van der Waals surface area contributed by atoms with Gasteiger partial charge in [-0.3, -0.25) is 4.68 Å². The molecule has 0 fully saturated rings. The van der Waals surface area contributed by atoms with E-state index in [4.69, 9.17) is 23.2 Å². The molecule has 2 aromatic rings. The van der Waals surface area contributed by atoms with E-state index < -0.39 is 22.9 Å². The van der Waals surface area contributed by atoms with Crippen LogP contribution in [0.3, 0.4) is 0 Å². The molecule has 2 amide bonds.